The van der Waals surface area contributed by atoms with Gasteiger partial charge in [0.15, 0.2) is 0 Å². The van der Waals surface area contributed by atoms with E-state index in [1.54, 1.807) is 7.05 Å². The first kappa shape index (κ1) is 31.8. The van der Waals surface area contributed by atoms with Gasteiger partial charge in [-0.2, -0.15) is 26.3 Å². The molecule has 0 bridgehead atoms. The van der Waals surface area contributed by atoms with E-state index in [1.807, 2.05) is 30.3 Å². The van der Waals surface area contributed by atoms with Gasteiger partial charge in [-0.25, -0.2) is 0 Å². The predicted octanol–water partition coefficient (Wildman–Crippen LogP) is 6.57. The number of rotatable bonds is 6. The number of alkyl halides is 6. The number of hydrogen-bond acceptors (Lipinski definition) is 4. The van der Waals surface area contributed by atoms with E-state index in [0.717, 1.165) is 50.9 Å². The van der Waals surface area contributed by atoms with Gasteiger partial charge in [-0.3, -0.25) is 4.79 Å². The Morgan fingerprint density at radius 2 is 1.47 bits per heavy atom. The summed E-state index contributed by atoms with van der Waals surface area (Å²) < 4.78 is 86.6. The Kier molecular flexibility index (Phi) is 8.65. The van der Waals surface area contributed by atoms with Crippen molar-refractivity contribution in [2.45, 2.75) is 86.9 Å². The van der Waals surface area contributed by atoms with Crippen molar-refractivity contribution in [1.29, 1.82) is 0 Å². The number of nitrogens with zero attached hydrogens (tertiary/aromatic N) is 2. The summed E-state index contributed by atoms with van der Waals surface area (Å²) in [6.07, 6.45) is -5.04. The Morgan fingerprint density at radius 1 is 0.884 bits per heavy atom. The molecule has 2 heterocycles. The zero-order valence-electron chi connectivity index (χ0n) is 24.2. The molecule has 1 aliphatic carbocycles. The van der Waals surface area contributed by atoms with Crippen molar-refractivity contribution in [3.63, 3.8) is 0 Å². The van der Waals surface area contributed by atoms with Crippen LogP contribution in [0.25, 0.3) is 0 Å². The van der Waals surface area contributed by atoms with Crippen molar-refractivity contribution < 1.29 is 41.0 Å². The Bertz CT molecular complexity index is 1240. The fourth-order valence-corrected chi connectivity index (χ4v) is 7.19. The minimum atomic E-state index is -5.00. The van der Waals surface area contributed by atoms with Crippen molar-refractivity contribution in [2.75, 3.05) is 33.3 Å². The van der Waals surface area contributed by atoms with E-state index >= 15 is 0 Å². The molecular formula is C32H38F6N2O3. The summed E-state index contributed by atoms with van der Waals surface area (Å²) in [7, 11) is 1.55. The number of likely N-dealkylation sites (N-methyl/N-ethyl adjacent to an activating group) is 1. The number of hydrogen-bond donors (Lipinski definition) is 1. The van der Waals surface area contributed by atoms with Gasteiger partial charge in [0.1, 0.15) is 0 Å². The molecule has 43 heavy (non-hydrogen) atoms. The van der Waals surface area contributed by atoms with Crippen molar-refractivity contribution in [3.05, 3.63) is 70.8 Å². The van der Waals surface area contributed by atoms with E-state index in [9.17, 15) is 36.2 Å². The highest BCUT2D eigenvalue weighted by Crippen LogP contribution is 2.46. The predicted molar refractivity (Wildman–Crippen MR) is 148 cm³/mol. The molecule has 5 rings (SSSR count). The summed E-state index contributed by atoms with van der Waals surface area (Å²) in [6, 6.07) is 10.5. The molecule has 0 atom stereocenters. The van der Waals surface area contributed by atoms with E-state index in [0.29, 0.717) is 44.4 Å². The summed E-state index contributed by atoms with van der Waals surface area (Å²) in [5, 5.41) is 11.6. The van der Waals surface area contributed by atoms with Crippen LogP contribution >= 0.6 is 0 Å². The number of carbonyl (C=O) groups excluding carboxylic acids is 1. The zero-order valence-corrected chi connectivity index (χ0v) is 24.2. The molecule has 3 aliphatic rings. The second-order valence-corrected chi connectivity index (χ2v) is 12.6. The fourth-order valence-electron chi connectivity index (χ4n) is 7.19. The third kappa shape index (κ3) is 6.88. The summed E-state index contributed by atoms with van der Waals surface area (Å²) in [5.41, 5.74) is -4.32. The molecule has 0 aromatic heterocycles. The second kappa shape index (κ2) is 11.7. The number of benzene rings is 2. The van der Waals surface area contributed by atoms with Gasteiger partial charge in [-0.15, -0.1) is 0 Å². The molecule has 11 heteroatoms. The van der Waals surface area contributed by atoms with Gasteiger partial charge in [0.2, 0.25) is 5.91 Å². The van der Waals surface area contributed by atoms with Crippen LogP contribution in [0.2, 0.25) is 0 Å². The second-order valence-electron chi connectivity index (χ2n) is 12.6. The lowest BCUT2D eigenvalue weighted by Crippen LogP contribution is -2.56. The first-order valence-corrected chi connectivity index (χ1v) is 14.8. The minimum absolute atomic E-state index is 0.0301. The van der Waals surface area contributed by atoms with E-state index < -0.39 is 46.9 Å². The van der Waals surface area contributed by atoms with Gasteiger partial charge in [0.25, 0.3) is 0 Å². The molecule has 2 aromatic carbocycles. The monoisotopic (exact) mass is 612 g/mol. The van der Waals surface area contributed by atoms with Gasteiger partial charge < -0.3 is 19.6 Å². The lowest BCUT2D eigenvalue weighted by Gasteiger charge is -2.51. The molecule has 1 amide bonds. The maximum Gasteiger partial charge on any atom is 0.416 e. The largest absolute Gasteiger partial charge is 0.416 e. The molecule has 0 unspecified atom stereocenters. The molecule has 1 N–H and O–H groups in total. The third-order valence-electron chi connectivity index (χ3n) is 9.81. The fraction of sp³-hybridized carbons (Fsp3) is 0.594. The summed E-state index contributed by atoms with van der Waals surface area (Å²) in [6.45, 7) is 2.97. The molecule has 3 fully saturated rings. The average Bonchev–Trinajstić information content (AvgIpc) is 3.42. The number of likely N-dealkylation sites (tertiary alicyclic amines) is 1. The van der Waals surface area contributed by atoms with Crippen LogP contribution in [0, 0.1) is 0 Å². The minimum Gasteiger partial charge on any atom is -0.389 e. The Balaban J connectivity index is 1.33. The first-order valence-electron chi connectivity index (χ1n) is 14.8. The Hall–Kier alpha value is -2.63. The number of aliphatic hydroxyl groups is 1. The molecule has 0 radical (unpaired) electrons. The molecule has 236 valence electrons. The maximum atomic E-state index is 13.6. The molecule has 5 nitrogen and oxygen atoms in total. The maximum absolute atomic E-state index is 13.6. The number of halogens is 6. The van der Waals surface area contributed by atoms with E-state index in [1.165, 1.54) is 4.90 Å². The number of piperidine rings is 1. The SMILES string of the molecule is CN(C(=O)Cc1cc(C(F)(F)F)cc(C(F)(F)F)c1)C1(c2ccccc2)CCC(O)(CN2CCC3(CCCO3)CC2)CC1. The van der Waals surface area contributed by atoms with Crippen LogP contribution in [0.3, 0.4) is 0 Å². The molecule has 2 saturated heterocycles. The van der Waals surface area contributed by atoms with Gasteiger partial charge >= 0.3 is 12.4 Å². The number of β-amino-alcohol motifs (C(OH)–C–C–N with tert-alkyl or cyclic N) is 1. The van der Waals surface area contributed by atoms with Crippen LogP contribution in [0.4, 0.5) is 26.3 Å². The summed E-state index contributed by atoms with van der Waals surface area (Å²) in [5.74, 6) is -0.598. The van der Waals surface area contributed by atoms with Crippen LogP contribution in [0.1, 0.15) is 73.6 Å². The summed E-state index contributed by atoms with van der Waals surface area (Å²) in [4.78, 5) is 17.3. The molecule has 1 spiro atoms. The van der Waals surface area contributed by atoms with Crippen LogP contribution in [-0.2, 0) is 33.8 Å². The number of ether oxygens (including phenoxy) is 1. The van der Waals surface area contributed by atoms with Gasteiger partial charge in [0.05, 0.1) is 34.3 Å². The number of amides is 1. The Labute approximate surface area is 247 Å². The standard InChI is InChI=1S/C32H38F6N2O3/c1-39(27(41)20-23-18-25(31(33,34)35)21-26(19-23)32(36,37)38)30(24-6-3-2-4-7-24)11-9-28(42,10-12-30)22-40-15-13-29(14-16-40)8-5-17-43-29/h2-4,6-7,18-19,21,42H,5,8-17,20,22H2,1H3. The normalized spacial score (nSPS) is 26.5. The van der Waals surface area contributed by atoms with Crippen molar-refractivity contribution in [1.82, 2.24) is 9.80 Å². The van der Waals surface area contributed by atoms with Crippen LogP contribution < -0.4 is 0 Å². The first-order chi connectivity index (χ1) is 20.1. The smallest absolute Gasteiger partial charge is 0.389 e. The molecule has 2 aromatic rings. The van der Waals surface area contributed by atoms with Crippen molar-refractivity contribution in [2.24, 2.45) is 0 Å². The van der Waals surface area contributed by atoms with Gasteiger partial charge in [-0.1, -0.05) is 30.3 Å². The van der Waals surface area contributed by atoms with Crippen LogP contribution in [0.15, 0.2) is 48.5 Å². The topological polar surface area (TPSA) is 53.0 Å². The molecular weight excluding hydrogens is 574 g/mol. The van der Waals surface area contributed by atoms with Gasteiger partial charge in [0, 0.05) is 33.3 Å². The van der Waals surface area contributed by atoms with Crippen molar-refractivity contribution in [3.8, 4) is 0 Å². The highest BCUT2D eigenvalue weighted by molar-refractivity contribution is 5.79. The lowest BCUT2D eigenvalue weighted by atomic mass is 9.69. The van der Waals surface area contributed by atoms with Crippen LogP contribution in [0.5, 0.6) is 0 Å². The van der Waals surface area contributed by atoms with E-state index in [-0.39, 0.29) is 17.2 Å². The third-order valence-corrected chi connectivity index (χ3v) is 9.81. The number of carbonyl (C=O) groups is 1. The molecule has 2 aliphatic heterocycles. The zero-order chi connectivity index (χ0) is 31.1. The Morgan fingerprint density at radius 3 is 1.98 bits per heavy atom. The molecule has 1 saturated carbocycles. The highest BCUT2D eigenvalue weighted by Gasteiger charge is 2.48. The lowest BCUT2D eigenvalue weighted by molar-refractivity contribution is -0.144. The highest BCUT2D eigenvalue weighted by atomic mass is 19.4. The van der Waals surface area contributed by atoms with Gasteiger partial charge in [-0.05, 0) is 80.7 Å². The van der Waals surface area contributed by atoms with Crippen LogP contribution in [-0.4, -0.2) is 65.3 Å². The summed E-state index contributed by atoms with van der Waals surface area (Å²) >= 11 is 0. The average molecular weight is 613 g/mol. The quantitative estimate of drug-likeness (QED) is 0.375. The van der Waals surface area contributed by atoms with Crippen molar-refractivity contribution >= 4 is 5.91 Å². The van der Waals surface area contributed by atoms with E-state index in [4.69, 9.17) is 4.74 Å². The van der Waals surface area contributed by atoms with E-state index in [2.05, 4.69) is 4.90 Å².